The molecule has 0 aromatic heterocycles. The van der Waals surface area contributed by atoms with Crippen LogP contribution >= 0.6 is 0 Å². The summed E-state index contributed by atoms with van der Waals surface area (Å²) in [7, 11) is 5.94. The van der Waals surface area contributed by atoms with Crippen molar-refractivity contribution in [1.29, 1.82) is 0 Å². The van der Waals surface area contributed by atoms with Gasteiger partial charge in [-0.1, -0.05) is 0 Å². The van der Waals surface area contributed by atoms with E-state index < -0.39 is 29.2 Å². The SMILES string of the molecule is CN(C)C=CC(O)=C1C(=O)N(C)C(=O)N(C)C1=O. The van der Waals surface area contributed by atoms with Crippen molar-refractivity contribution < 1.29 is 19.5 Å². The lowest BCUT2D eigenvalue weighted by atomic mass is 10.1. The number of aliphatic hydroxyl groups excluding tert-OH is 1. The molecule has 1 aliphatic heterocycles. The zero-order valence-electron chi connectivity index (χ0n) is 10.7. The molecule has 0 aromatic rings. The van der Waals surface area contributed by atoms with Crippen LogP contribution in [0.2, 0.25) is 0 Å². The maximum Gasteiger partial charge on any atom is 0.333 e. The first kappa shape index (κ1) is 13.8. The smallest absolute Gasteiger partial charge is 0.333 e. The van der Waals surface area contributed by atoms with Crippen molar-refractivity contribution in [3.63, 3.8) is 0 Å². The quantitative estimate of drug-likeness (QED) is 0.423. The van der Waals surface area contributed by atoms with Crippen LogP contribution in [0.4, 0.5) is 4.79 Å². The second kappa shape index (κ2) is 4.91. The average Bonchev–Trinajstić information content (AvgIpc) is 2.31. The normalized spacial score (nSPS) is 16.9. The molecule has 1 fully saturated rings. The molecule has 4 amide bonds. The Morgan fingerprint density at radius 1 is 1.11 bits per heavy atom. The third-order valence-corrected chi connectivity index (χ3v) is 2.40. The lowest BCUT2D eigenvalue weighted by molar-refractivity contribution is -0.134. The van der Waals surface area contributed by atoms with E-state index in [0.29, 0.717) is 0 Å². The molecule has 0 radical (unpaired) electrons. The predicted octanol–water partition coefficient (Wildman–Crippen LogP) is -0.0758. The highest BCUT2D eigenvalue weighted by atomic mass is 16.3. The van der Waals surface area contributed by atoms with Crippen molar-refractivity contribution in [1.82, 2.24) is 14.7 Å². The van der Waals surface area contributed by atoms with Crippen molar-refractivity contribution in [2.75, 3.05) is 28.2 Å². The lowest BCUT2D eigenvalue weighted by Gasteiger charge is -2.28. The summed E-state index contributed by atoms with van der Waals surface area (Å²) in [5.74, 6) is -2.10. The minimum Gasteiger partial charge on any atom is -0.507 e. The molecule has 1 N–H and O–H groups in total. The minimum absolute atomic E-state index is 0.419. The van der Waals surface area contributed by atoms with Gasteiger partial charge in [0.05, 0.1) is 0 Å². The Hall–Kier alpha value is -2.31. The Bertz CT molecular complexity index is 439. The summed E-state index contributed by atoms with van der Waals surface area (Å²) >= 11 is 0. The van der Waals surface area contributed by atoms with E-state index in [-0.39, 0.29) is 0 Å². The Kier molecular flexibility index (Phi) is 3.75. The molecule has 1 rings (SSSR count). The van der Waals surface area contributed by atoms with Crippen molar-refractivity contribution in [3.05, 3.63) is 23.6 Å². The number of carbonyl (C=O) groups excluding carboxylic acids is 3. The van der Waals surface area contributed by atoms with Gasteiger partial charge in [-0.2, -0.15) is 0 Å². The standard InChI is InChI=1S/C11H15N3O4/c1-12(2)6-5-7(15)8-9(16)13(3)11(18)14(4)10(8)17/h5-6,15H,1-4H3. The largest absolute Gasteiger partial charge is 0.507 e. The van der Waals surface area contributed by atoms with Gasteiger partial charge in [-0.15, -0.1) is 0 Å². The monoisotopic (exact) mass is 253 g/mol. The van der Waals surface area contributed by atoms with Crippen LogP contribution in [0.25, 0.3) is 0 Å². The van der Waals surface area contributed by atoms with E-state index in [2.05, 4.69) is 0 Å². The summed E-state index contributed by atoms with van der Waals surface area (Å²) < 4.78 is 0. The summed E-state index contributed by atoms with van der Waals surface area (Å²) in [6, 6.07) is -0.724. The molecule has 0 aliphatic carbocycles. The van der Waals surface area contributed by atoms with E-state index >= 15 is 0 Å². The Balaban J connectivity index is 3.21. The molecule has 0 atom stereocenters. The number of carbonyl (C=O) groups is 3. The minimum atomic E-state index is -0.816. The molecular weight excluding hydrogens is 238 g/mol. The second-order valence-electron chi connectivity index (χ2n) is 4.05. The average molecular weight is 253 g/mol. The van der Waals surface area contributed by atoms with Gasteiger partial charge < -0.3 is 10.0 Å². The number of imide groups is 2. The van der Waals surface area contributed by atoms with Gasteiger partial charge >= 0.3 is 6.03 Å². The van der Waals surface area contributed by atoms with Crippen molar-refractivity contribution in [2.24, 2.45) is 0 Å². The summed E-state index contributed by atoms with van der Waals surface area (Å²) in [6.07, 6.45) is 2.71. The highest BCUT2D eigenvalue weighted by molar-refractivity contribution is 6.28. The van der Waals surface area contributed by atoms with Gasteiger partial charge in [0.25, 0.3) is 11.8 Å². The van der Waals surface area contributed by atoms with Gasteiger partial charge in [-0.3, -0.25) is 19.4 Å². The first-order valence-electron chi connectivity index (χ1n) is 5.15. The lowest BCUT2D eigenvalue weighted by Crippen LogP contribution is -2.53. The summed E-state index contributed by atoms with van der Waals surface area (Å²) in [5, 5.41) is 9.75. The number of hydrogen-bond donors (Lipinski definition) is 1. The summed E-state index contributed by atoms with van der Waals surface area (Å²) in [4.78, 5) is 38.2. The number of aliphatic hydroxyl groups is 1. The van der Waals surface area contributed by atoms with E-state index in [1.165, 1.54) is 26.4 Å². The Morgan fingerprint density at radius 3 is 1.94 bits per heavy atom. The number of likely N-dealkylation sites (N-methyl/N-ethyl adjacent to an activating group) is 2. The highest BCUT2D eigenvalue weighted by Crippen LogP contribution is 2.17. The number of barbiturate groups is 1. The van der Waals surface area contributed by atoms with Crippen LogP contribution in [0, 0.1) is 0 Å². The summed E-state index contributed by atoms with van der Waals surface area (Å²) in [5.41, 5.74) is -0.419. The number of hydrogen-bond acceptors (Lipinski definition) is 5. The molecule has 0 spiro atoms. The fourth-order valence-electron chi connectivity index (χ4n) is 1.35. The zero-order chi connectivity index (χ0) is 14.0. The molecule has 7 heteroatoms. The first-order chi connectivity index (χ1) is 8.27. The highest BCUT2D eigenvalue weighted by Gasteiger charge is 2.39. The third-order valence-electron chi connectivity index (χ3n) is 2.40. The molecule has 0 aromatic carbocycles. The van der Waals surface area contributed by atoms with Crippen LogP contribution in [0.15, 0.2) is 23.6 Å². The van der Waals surface area contributed by atoms with Gasteiger partial charge in [-0.05, 0) is 6.08 Å². The van der Waals surface area contributed by atoms with Crippen molar-refractivity contribution in [3.8, 4) is 0 Å². The van der Waals surface area contributed by atoms with Crippen LogP contribution < -0.4 is 0 Å². The van der Waals surface area contributed by atoms with Crippen molar-refractivity contribution >= 4 is 17.8 Å². The van der Waals surface area contributed by atoms with Crippen LogP contribution in [-0.2, 0) is 9.59 Å². The first-order valence-corrected chi connectivity index (χ1v) is 5.15. The van der Waals surface area contributed by atoms with Crippen molar-refractivity contribution in [2.45, 2.75) is 0 Å². The fraction of sp³-hybridized carbons (Fsp3) is 0.364. The van der Waals surface area contributed by atoms with Crippen LogP contribution in [0.5, 0.6) is 0 Å². The number of rotatable bonds is 2. The van der Waals surface area contributed by atoms with Gasteiger partial charge in [-0.25, -0.2) is 4.79 Å². The van der Waals surface area contributed by atoms with Gasteiger partial charge in [0.2, 0.25) is 0 Å². The van der Waals surface area contributed by atoms with Gasteiger partial charge in [0, 0.05) is 34.4 Å². The van der Waals surface area contributed by atoms with E-state index in [9.17, 15) is 19.5 Å². The molecule has 18 heavy (non-hydrogen) atoms. The van der Waals surface area contributed by atoms with E-state index in [0.717, 1.165) is 9.80 Å². The molecule has 1 heterocycles. The second-order valence-corrected chi connectivity index (χ2v) is 4.05. The van der Waals surface area contributed by atoms with Gasteiger partial charge in [0.1, 0.15) is 11.3 Å². The predicted molar refractivity (Wildman–Crippen MR) is 63.4 cm³/mol. The van der Waals surface area contributed by atoms with Crippen LogP contribution in [-0.4, -0.2) is 65.8 Å². The molecular formula is C11H15N3O4. The molecule has 0 bridgehead atoms. The van der Waals surface area contributed by atoms with E-state index in [1.807, 2.05) is 0 Å². The maximum absolute atomic E-state index is 11.8. The number of allylic oxidation sites excluding steroid dienone is 1. The number of urea groups is 1. The number of amides is 4. The third kappa shape index (κ3) is 2.34. The zero-order valence-corrected chi connectivity index (χ0v) is 10.7. The summed E-state index contributed by atoms with van der Waals surface area (Å²) in [6.45, 7) is 0. The van der Waals surface area contributed by atoms with Crippen LogP contribution in [0.1, 0.15) is 0 Å². The fourth-order valence-corrected chi connectivity index (χ4v) is 1.35. The Morgan fingerprint density at radius 2 is 1.56 bits per heavy atom. The molecule has 0 saturated carbocycles. The molecule has 0 unspecified atom stereocenters. The molecule has 7 nitrogen and oxygen atoms in total. The molecule has 98 valence electrons. The Labute approximate surface area is 105 Å². The van der Waals surface area contributed by atoms with Gasteiger partial charge in [0.15, 0.2) is 0 Å². The van der Waals surface area contributed by atoms with E-state index in [1.54, 1.807) is 19.0 Å². The molecule has 1 saturated heterocycles. The maximum atomic E-state index is 11.8. The topological polar surface area (TPSA) is 81.2 Å². The molecule has 1 aliphatic rings. The van der Waals surface area contributed by atoms with E-state index in [4.69, 9.17) is 0 Å². The van der Waals surface area contributed by atoms with Crippen LogP contribution in [0.3, 0.4) is 0 Å². The number of nitrogens with zero attached hydrogens (tertiary/aromatic N) is 3.